The van der Waals surface area contributed by atoms with E-state index in [-0.39, 0.29) is 5.82 Å². The third kappa shape index (κ3) is 3.13. The molecule has 3 rings (SSSR count). The van der Waals surface area contributed by atoms with E-state index < -0.39 is 0 Å². The molecule has 1 aromatic heterocycles. The van der Waals surface area contributed by atoms with E-state index in [1.807, 2.05) is 30.3 Å². The van der Waals surface area contributed by atoms with Gasteiger partial charge in [-0.2, -0.15) is 0 Å². The van der Waals surface area contributed by atoms with E-state index in [0.717, 1.165) is 10.8 Å². The summed E-state index contributed by atoms with van der Waals surface area (Å²) in [5, 5.41) is 4.51. The third-order valence-corrected chi connectivity index (χ3v) is 3.31. The molecule has 0 aliphatic heterocycles. The highest BCUT2D eigenvalue weighted by molar-refractivity contribution is 7.17. The normalized spacial score (nSPS) is 10.2. The average molecular weight is 286 g/mol. The molecule has 0 saturated carbocycles. The fourth-order valence-electron chi connectivity index (χ4n) is 1.66. The molecule has 0 bridgehead atoms. The summed E-state index contributed by atoms with van der Waals surface area (Å²) in [7, 11) is 0. The van der Waals surface area contributed by atoms with Crippen LogP contribution < -0.4 is 10.1 Å². The summed E-state index contributed by atoms with van der Waals surface area (Å²) in [5.74, 6) is 0.134. The molecule has 3 nitrogen and oxygen atoms in total. The number of aromatic nitrogens is 1. The number of benzene rings is 2. The number of hydrogen-bond donors (Lipinski definition) is 1. The number of ether oxygens (including phenoxy) is 1. The first-order valence-electron chi connectivity index (χ1n) is 6.01. The molecule has 0 fully saturated rings. The van der Waals surface area contributed by atoms with Crippen molar-refractivity contribution in [1.82, 2.24) is 4.98 Å². The van der Waals surface area contributed by atoms with Gasteiger partial charge < -0.3 is 10.1 Å². The second-order valence-electron chi connectivity index (χ2n) is 4.03. The molecule has 20 heavy (non-hydrogen) atoms. The zero-order valence-electron chi connectivity index (χ0n) is 10.4. The summed E-state index contributed by atoms with van der Waals surface area (Å²) in [6, 6.07) is 15.8. The van der Waals surface area contributed by atoms with Crippen molar-refractivity contribution in [3.8, 4) is 10.8 Å². The third-order valence-electron chi connectivity index (χ3n) is 2.52. The molecule has 1 heterocycles. The maximum absolute atomic E-state index is 13.1. The van der Waals surface area contributed by atoms with Crippen molar-refractivity contribution < 1.29 is 9.13 Å². The zero-order valence-corrected chi connectivity index (χ0v) is 11.2. The topological polar surface area (TPSA) is 34.1 Å². The van der Waals surface area contributed by atoms with Crippen molar-refractivity contribution in [1.29, 1.82) is 0 Å². The summed E-state index contributed by atoms with van der Waals surface area (Å²) in [6.07, 6.45) is 1.61. The Morgan fingerprint density at radius 1 is 1.05 bits per heavy atom. The minimum absolute atomic E-state index is 0.324. The number of nitrogens with one attached hydrogen (secondary N) is 1. The first-order valence-corrected chi connectivity index (χ1v) is 6.82. The average Bonchev–Trinajstić information content (AvgIpc) is 2.87. The lowest BCUT2D eigenvalue weighted by Crippen LogP contribution is -1.87. The van der Waals surface area contributed by atoms with Crippen molar-refractivity contribution in [2.24, 2.45) is 0 Å². The summed E-state index contributed by atoms with van der Waals surface area (Å²) in [6.45, 7) is 0. The molecule has 5 heteroatoms. The highest BCUT2D eigenvalue weighted by atomic mass is 32.1. The molecule has 0 spiro atoms. The van der Waals surface area contributed by atoms with E-state index in [4.69, 9.17) is 4.74 Å². The van der Waals surface area contributed by atoms with Gasteiger partial charge in [-0.3, -0.25) is 0 Å². The second-order valence-corrected chi connectivity index (χ2v) is 5.03. The van der Waals surface area contributed by atoms with Gasteiger partial charge >= 0.3 is 0 Å². The van der Waals surface area contributed by atoms with Crippen LogP contribution >= 0.6 is 11.3 Å². The predicted molar refractivity (Wildman–Crippen MR) is 78.3 cm³/mol. The minimum Gasteiger partial charge on any atom is -0.445 e. The molecular weight excluding hydrogens is 275 g/mol. The molecule has 3 aromatic rings. The van der Waals surface area contributed by atoms with Gasteiger partial charge in [0.25, 0.3) is 0 Å². The number of hydrogen-bond acceptors (Lipinski definition) is 4. The van der Waals surface area contributed by atoms with Crippen LogP contribution in [0.4, 0.5) is 15.2 Å². The molecule has 2 aromatic carbocycles. The highest BCUT2D eigenvalue weighted by Gasteiger charge is 2.05. The van der Waals surface area contributed by atoms with E-state index in [2.05, 4.69) is 10.3 Å². The summed E-state index contributed by atoms with van der Waals surface area (Å²) < 4.78 is 18.6. The van der Waals surface area contributed by atoms with Gasteiger partial charge in [0.15, 0.2) is 5.13 Å². The Kier molecular flexibility index (Phi) is 3.60. The summed E-state index contributed by atoms with van der Waals surface area (Å²) in [4.78, 5) is 4.22. The zero-order chi connectivity index (χ0) is 13.8. The lowest BCUT2D eigenvalue weighted by molar-refractivity contribution is 0.488. The number of rotatable bonds is 4. The van der Waals surface area contributed by atoms with Gasteiger partial charge in [0, 0.05) is 11.8 Å². The quantitative estimate of drug-likeness (QED) is 0.746. The van der Waals surface area contributed by atoms with Crippen LogP contribution in [0.25, 0.3) is 0 Å². The maximum Gasteiger partial charge on any atom is 0.202 e. The standard InChI is InChI=1S/C15H11FN2OS/c16-11-5-4-8-13(9-11)19-14-10-17-15(20-14)18-12-6-2-1-3-7-12/h1-10H,(H,17,18). The Hall–Kier alpha value is -2.40. The highest BCUT2D eigenvalue weighted by Crippen LogP contribution is 2.31. The van der Waals surface area contributed by atoms with E-state index in [1.54, 1.807) is 18.3 Å². The van der Waals surface area contributed by atoms with Crippen LogP contribution in [0, 0.1) is 5.82 Å². The lowest BCUT2D eigenvalue weighted by Gasteiger charge is -2.02. The molecular formula is C15H11FN2OS. The number of anilines is 2. The van der Waals surface area contributed by atoms with Crippen molar-refractivity contribution in [3.63, 3.8) is 0 Å². The van der Waals surface area contributed by atoms with Gasteiger partial charge in [0.1, 0.15) is 11.6 Å². The van der Waals surface area contributed by atoms with E-state index in [1.165, 1.54) is 23.5 Å². The minimum atomic E-state index is -0.324. The Bertz CT molecular complexity index is 700. The smallest absolute Gasteiger partial charge is 0.202 e. The second kappa shape index (κ2) is 5.71. The molecule has 0 aliphatic rings. The van der Waals surface area contributed by atoms with E-state index >= 15 is 0 Å². The molecule has 0 saturated heterocycles. The predicted octanol–water partition coefficient (Wildman–Crippen LogP) is 4.82. The number of nitrogens with zero attached hydrogens (tertiary/aromatic N) is 1. The van der Waals surface area contributed by atoms with Gasteiger partial charge in [-0.15, -0.1) is 0 Å². The van der Waals surface area contributed by atoms with Crippen LogP contribution in [0.3, 0.4) is 0 Å². The molecule has 0 unspecified atom stereocenters. The van der Waals surface area contributed by atoms with Crippen LogP contribution in [0.5, 0.6) is 10.8 Å². The van der Waals surface area contributed by atoms with Crippen LogP contribution in [0.2, 0.25) is 0 Å². The van der Waals surface area contributed by atoms with Gasteiger partial charge in [-0.25, -0.2) is 9.37 Å². The summed E-state index contributed by atoms with van der Waals surface area (Å²) >= 11 is 1.36. The van der Waals surface area contributed by atoms with Gasteiger partial charge in [-0.05, 0) is 24.3 Å². The molecule has 0 radical (unpaired) electrons. The van der Waals surface area contributed by atoms with Crippen molar-refractivity contribution >= 4 is 22.2 Å². The van der Waals surface area contributed by atoms with Gasteiger partial charge in [0.05, 0.1) is 6.20 Å². The maximum atomic E-state index is 13.1. The van der Waals surface area contributed by atoms with Crippen LogP contribution in [-0.4, -0.2) is 4.98 Å². The van der Waals surface area contributed by atoms with Gasteiger partial charge in [0.2, 0.25) is 5.06 Å². The first kappa shape index (κ1) is 12.6. The molecule has 1 N–H and O–H groups in total. The Morgan fingerprint density at radius 3 is 2.70 bits per heavy atom. The van der Waals surface area contributed by atoms with Crippen LogP contribution in [0.15, 0.2) is 60.8 Å². The van der Waals surface area contributed by atoms with Gasteiger partial charge in [-0.1, -0.05) is 35.6 Å². The number of thiazole rings is 1. The van der Waals surface area contributed by atoms with Crippen molar-refractivity contribution in [3.05, 3.63) is 66.6 Å². The number of para-hydroxylation sites is 1. The number of halogens is 1. The fraction of sp³-hybridized carbons (Fsp3) is 0. The van der Waals surface area contributed by atoms with Crippen molar-refractivity contribution in [2.75, 3.05) is 5.32 Å². The Morgan fingerprint density at radius 2 is 1.90 bits per heavy atom. The molecule has 0 aliphatic carbocycles. The van der Waals surface area contributed by atoms with E-state index in [0.29, 0.717) is 10.8 Å². The van der Waals surface area contributed by atoms with E-state index in [9.17, 15) is 4.39 Å². The van der Waals surface area contributed by atoms with Crippen LogP contribution in [-0.2, 0) is 0 Å². The molecule has 0 amide bonds. The fourth-order valence-corrected chi connectivity index (χ4v) is 2.36. The van der Waals surface area contributed by atoms with Crippen LogP contribution in [0.1, 0.15) is 0 Å². The van der Waals surface area contributed by atoms with Crippen molar-refractivity contribution in [2.45, 2.75) is 0 Å². The largest absolute Gasteiger partial charge is 0.445 e. The molecule has 100 valence electrons. The summed E-state index contributed by atoms with van der Waals surface area (Å²) in [5.41, 5.74) is 0.958. The monoisotopic (exact) mass is 286 g/mol. The first-order chi connectivity index (χ1) is 9.79. The Balaban J connectivity index is 1.71. The lowest BCUT2D eigenvalue weighted by atomic mass is 10.3. The Labute approximate surface area is 119 Å². The molecule has 0 atom stereocenters. The SMILES string of the molecule is Fc1cccc(Oc2cnc(Nc3ccccc3)s2)c1.